The zero-order valence-corrected chi connectivity index (χ0v) is 19.6. The molecule has 1 aliphatic carbocycles. The molecule has 1 saturated heterocycles. The van der Waals surface area contributed by atoms with Gasteiger partial charge in [0.2, 0.25) is 0 Å². The van der Waals surface area contributed by atoms with Crippen LogP contribution < -0.4 is 4.74 Å². The minimum absolute atomic E-state index is 0.0291. The van der Waals surface area contributed by atoms with Crippen LogP contribution in [0, 0.1) is 35.3 Å². The van der Waals surface area contributed by atoms with E-state index in [1.165, 1.54) is 24.3 Å². The fourth-order valence-corrected chi connectivity index (χ4v) is 8.63. The molecule has 0 unspecified atom stereocenters. The lowest BCUT2D eigenvalue weighted by Gasteiger charge is -2.51. The molecule has 33 heavy (non-hydrogen) atoms. The summed E-state index contributed by atoms with van der Waals surface area (Å²) in [6, 6.07) is 7.51. The average molecular weight is 497 g/mol. The number of esters is 1. The molecule has 5 atom stereocenters. The third-order valence-corrected chi connectivity index (χ3v) is 10.3. The van der Waals surface area contributed by atoms with Crippen LogP contribution in [-0.4, -0.2) is 27.1 Å². The highest BCUT2D eigenvalue weighted by atomic mass is 35.5. The Balaban J connectivity index is 1.80. The molecule has 5 rings (SSSR count). The van der Waals surface area contributed by atoms with E-state index >= 15 is 4.39 Å². The van der Waals surface area contributed by atoms with Crippen LogP contribution in [0.15, 0.2) is 41.3 Å². The van der Waals surface area contributed by atoms with Gasteiger partial charge in [0, 0.05) is 16.9 Å². The first-order chi connectivity index (χ1) is 15.6. The largest absolute Gasteiger partial charge is 0.490 e. The molecule has 1 saturated carbocycles. The van der Waals surface area contributed by atoms with E-state index in [0.29, 0.717) is 5.02 Å². The highest BCUT2D eigenvalue weighted by molar-refractivity contribution is 7.92. The summed E-state index contributed by atoms with van der Waals surface area (Å²) in [7, 11) is -4.27. The van der Waals surface area contributed by atoms with Crippen LogP contribution >= 0.6 is 11.6 Å². The van der Waals surface area contributed by atoms with Gasteiger partial charge in [-0.1, -0.05) is 25.4 Å². The molecule has 0 aromatic heterocycles. The lowest BCUT2D eigenvalue weighted by Crippen LogP contribution is -2.57. The molecule has 2 aliphatic heterocycles. The smallest absolute Gasteiger partial charge is 0.309 e. The Morgan fingerprint density at radius 2 is 1.76 bits per heavy atom. The Bertz CT molecular complexity index is 1230. The molecule has 0 radical (unpaired) electrons. The summed E-state index contributed by atoms with van der Waals surface area (Å²) >= 11 is 5.97. The number of hydrogen-bond acceptors (Lipinski definition) is 5. The van der Waals surface area contributed by atoms with E-state index in [0.717, 1.165) is 12.1 Å². The molecule has 0 amide bonds. The van der Waals surface area contributed by atoms with E-state index in [2.05, 4.69) is 0 Å². The van der Waals surface area contributed by atoms with Crippen molar-refractivity contribution in [3.8, 4) is 5.75 Å². The van der Waals surface area contributed by atoms with Gasteiger partial charge in [0.25, 0.3) is 0 Å². The van der Waals surface area contributed by atoms with Crippen molar-refractivity contribution in [3.05, 3.63) is 58.6 Å². The zero-order chi connectivity index (χ0) is 23.7. The molecular formula is C24H23ClF2O5S. The number of sulfone groups is 1. The first-order valence-electron chi connectivity index (χ1n) is 10.9. The number of carbonyl (C=O) groups is 1. The molecule has 2 heterocycles. The highest BCUT2D eigenvalue weighted by Gasteiger charge is 2.67. The van der Waals surface area contributed by atoms with Crippen LogP contribution in [0.3, 0.4) is 0 Å². The predicted molar refractivity (Wildman–Crippen MR) is 117 cm³/mol. The normalized spacial score (nSPS) is 30.8. The van der Waals surface area contributed by atoms with Crippen LogP contribution in [0.5, 0.6) is 5.75 Å². The Morgan fingerprint density at radius 1 is 1.09 bits per heavy atom. The van der Waals surface area contributed by atoms with E-state index in [9.17, 15) is 17.6 Å². The second-order valence-corrected chi connectivity index (χ2v) is 12.0. The molecular weight excluding hydrogens is 474 g/mol. The van der Waals surface area contributed by atoms with Crippen molar-refractivity contribution in [1.29, 1.82) is 0 Å². The van der Waals surface area contributed by atoms with Gasteiger partial charge in [-0.2, -0.15) is 0 Å². The monoisotopic (exact) mass is 496 g/mol. The first-order valence-corrected chi connectivity index (χ1v) is 12.8. The van der Waals surface area contributed by atoms with Gasteiger partial charge in [-0.15, -0.1) is 0 Å². The molecule has 3 aliphatic rings. The van der Waals surface area contributed by atoms with Gasteiger partial charge in [-0.3, -0.25) is 4.79 Å². The van der Waals surface area contributed by atoms with Crippen LogP contribution in [0.4, 0.5) is 8.78 Å². The lowest BCUT2D eigenvalue weighted by atomic mass is 9.62. The summed E-state index contributed by atoms with van der Waals surface area (Å²) in [6.45, 7) is 3.58. The SMILES string of the molecule is CC(C)[C@H]1C(=O)O[C@@H]2CC[C@@]3(S(=O)(=O)c4ccc(Cl)cc4)c4c(F)ccc(F)c4OC[C@H]3[C@H]12. The summed E-state index contributed by atoms with van der Waals surface area (Å²) in [5.41, 5.74) is -0.297. The van der Waals surface area contributed by atoms with E-state index in [-0.39, 0.29) is 47.5 Å². The highest BCUT2D eigenvalue weighted by Crippen LogP contribution is 2.61. The maximum absolute atomic E-state index is 15.4. The van der Waals surface area contributed by atoms with Crippen molar-refractivity contribution in [2.24, 2.45) is 23.7 Å². The van der Waals surface area contributed by atoms with Gasteiger partial charge in [0.15, 0.2) is 21.4 Å². The zero-order valence-electron chi connectivity index (χ0n) is 18.1. The maximum atomic E-state index is 15.4. The molecule has 176 valence electrons. The molecule has 0 N–H and O–H groups in total. The van der Waals surface area contributed by atoms with Crippen molar-refractivity contribution in [2.45, 2.75) is 42.4 Å². The van der Waals surface area contributed by atoms with E-state index in [4.69, 9.17) is 21.1 Å². The van der Waals surface area contributed by atoms with Crippen molar-refractivity contribution < 1.29 is 31.5 Å². The topological polar surface area (TPSA) is 69.7 Å². The fraction of sp³-hybridized carbons (Fsp3) is 0.458. The van der Waals surface area contributed by atoms with Gasteiger partial charge in [-0.25, -0.2) is 17.2 Å². The third kappa shape index (κ3) is 3.06. The van der Waals surface area contributed by atoms with Crippen molar-refractivity contribution in [3.63, 3.8) is 0 Å². The quantitative estimate of drug-likeness (QED) is 0.565. The second kappa shape index (κ2) is 7.67. The average Bonchev–Trinajstić information content (AvgIpc) is 3.12. The van der Waals surface area contributed by atoms with Crippen LogP contribution in [0.25, 0.3) is 0 Å². The van der Waals surface area contributed by atoms with Crippen molar-refractivity contribution >= 4 is 27.4 Å². The number of halogens is 3. The number of benzene rings is 2. The van der Waals surface area contributed by atoms with Gasteiger partial charge >= 0.3 is 5.97 Å². The minimum Gasteiger partial charge on any atom is -0.490 e. The second-order valence-electron chi connectivity index (χ2n) is 9.36. The predicted octanol–water partition coefficient (Wildman–Crippen LogP) is 4.90. The summed E-state index contributed by atoms with van der Waals surface area (Å²) in [5.74, 6) is -4.44. The van der Waals surface area contributed by atoms with Crippen LogP contribution in [0.2, 0.25) is 5.02 Å². The first kappa shape index (κ1) is 22.6. The van der Waals surface area contributed by atoms with Crippen molar-refractivity contribution in [2.75, 3.05) is 6.61 Å². The van der Waals surface area contributed by atoms with Crippen LogP contribution in [-0.2, 0) is 24.1 Å². The number of hydrogen-bond donors (Lipinski definition) is 0. The molecule has 9 heteroatoms. The maximum Gasteiger partial charge on any atom is 0.309 e. The van der Waals surface area contributed by atoms with E-state index in [1.807, 2.05) is 13.8 Å². The van der Waals surface area contributed by atoms with Gasteiger partial charge < -0.3 is 9.47 Å². The van der Waals surface area contributed by atoms with Crippen LogP contribution in [0.1, 0.15) is 32.3 Å². The number of ether oxygens (including phenoxy) is 2. The molecule has 2 fully saturated rings. The summed E-state index contributed by atoms with van der Waals surface area (Å²) in [4.78, 5) is 12.7. The van der Waals surface area contributed by atoms with E-state index in [1.54, 1.807) is 0 Å². The van der Waals surface area contributed by atoms with E-state index < -0.39 is 50.1 Å². The number of fused-ring (bicyclic) bond motifs is 5. The minimum atomic E-state index is -4.27. The molecule has 0 spiro atoms. The summed E-state index contributed by atoms with van der Waals surface area (Å²) < 4.78 is 68.3. The third-order valence-electron chi connectivity index (χ3n) is 7.46. The van der Waals surface area contributed by atoms with Gasteiger partial charge in [0.05, 0.1) is 23.0 Å². The fourth-order valence-electron chi connectivity index (χ4n) is 6.11. The molecule has 2 aromatic carbocycles. The molecule has 5 nitrogen and oxygen atoms in total. The standard InChI is InChI=1S/C24H23ClF2O5S/c1-12(2)19-20-15-11-31-22-17(27)8-7-16(26)21(22)24(15,10-9-18(20)32-23(19)28)33(29,30)14-5-3-13(25)4-6-14/h3-8,12,15,18-20H,9-11H2,1-2H3/t15-,18+,19+,20-,24-/m0/s1. The Morgan fingerprint density at radius 3 is 2.42 bits per heavy atom. The molecule has 2 aromatic rings. The van der Waals surface area contributed by atoms with Crippen molar-refractivity contribution in [1.82, 2.24) is 0 Å². The lowest BCUT2D eigenvalue weighted by molar-refractivity contribution is -0.145. The summed E-state index contributed by atoms with van der Waals surface area (Å²) in [6.07, 6.45) is -0.304. The number of carbonyl (C=O) groups excluding carboxylic acids is 1. The summed E-state index contributed by atoms with van der Waals surface area (Å²) in [5, 5.41) is 0.353. The van der Waals surface area contributed by atoms with Gasteiger partial charge in [-0.05, 0) is 55.2 Å². The Kier molecular flexibility index (Phi) is 5.25. The number of rotatable bonds is 3. The Hall–Kier alpha value is -2.19. The Labute approximate surface area is 195 Å². The van der Waals surface area contributed by atoms with Gasteiger partial charge in [0.1, 0.15) is 16.7 Å². The molecule has 0 bridgehead atoms.